The van der Waals surface area contributed by atoms with Crippen LogP contribution in [0, 0.1) is 11.3 Å². The summed E-state index contributed by atoms with van der Waals surface area (Å²) in [6.45, 7) is 11.6. The molecule has 1 rings (SSSR count). The first-order chi connectivity index (χ1) is 11.5. The van der Waals surface area contributed by atoms with E-state index in [0.29, 0.717) is 6.61 Å². The van der Waals surface area contributed by atoms with Gasteiger partial charge in [-0.25, -0.2) is 0 Å². The monoisotopic (exact) mass is 355 g/mol. The van der Waals surface area contributed by atoms with Gasteiger partial charge in [-0.15, -0.1) is 0 Å². The van der Waals surface area contributed by atoms with Crippen LogP contribution in [-0.2, 0) is 19.1 Å². The first kappa shape index (κ1) is 21.6. The van der Waals surface area contributed by atoms with Gasteiger partial charge in [0.05, 0.1) is 18.6 Å². The Morgan fingerprint density at radius 2 is 1.92 bits per heavy atom. The Morgan fingerprint density at radius 3 is 2.44 bits per heavy atom. The van der Waals surface area contributed by atoms with Gasteiger partial charge in [0.1, 0.15) is 0 Å². The van der Waals surface area contributed by atoms with Crippen LogP contribution in [0.1, 0.15) is 47.5 Å². The summed E-state index contributed by atoms with van der Waals surface area (Å²) >= 11 is 0. The summed E-state index contributed by atoms with van der Waals surface area (Å²) in [7, 11) is 1.90. The zero-order chi connectivity index (χ0) is 19.3. The Balaban J connectivity index is 2.35. The average Bonchev–Trinajstić information content (AvgIpc) is 2.71. The summed E-state index contributed by atoms with van der Waals surface area (Å²) < 4.78 is 5.93. The van der Waals surface area contributed by atoms with Crippen molar-refractivity contribution < 1.29 is 19.1 Å². The number of imide groups is 1. The molecule has 0 bridgehead atoms. The molecule has 2 N–H and O–H groups in total. The SMILES string of the molecule is CNCC(C)(C)COC(C)(C)CC(=O)NCCN1C(=O)CC(C)C1=O. The van der Waals surface area contributed by atoms with Gasteiger partial charge in [0.25, 0.3) is 0 Å². The zero-order valence-corrected chi connectivity index (χ0v) is 16.4. The molecule has 7 heteroatoms. The number of nitrogens with zero attached hydrogens (tertiary/aromatic N) is 1. The molecular formula is C18H33N3O4. The van der Waals surface area contributed by atoms with Crippen LogP contribution in [0.5, 0.6) is 0 Å². The second-order valence-electron chi connectivity index (χ2n) is 8.26. The van der Waals surface area contributed by atoms with Crippen LogP contribution in [0.3, 0.4) is 0 Å². The number of ether oxygens (including phenoxy) is 1. The highest BCUT2D eigenvalue weighted by molar-refractivity contribution is 6.03. The smallest absolute Gasteiger partial charge is 0.232 e. The lowest BCUT2D eigenvalue weighted by atomic mass is 9.94. The third kappa shape index (κ3) is 7.12. The van der Waals surface area contributed by atoms with Crippen molar-refractivity contribution in [1.82, 2.24) is 15.5 Å². The van der Waals surface area contributed by atoms with Gasteiger partial charge in [-0.2, -0.15) is 0 Å². The molecule has 0 radical (unpaired) electrons. The Kier molecular flexibility index (Phi) is 7.56. The normalized spacial score (nSPS) is 18.8. The summed E-state index contributed by atoms with van der Waals surface area (Å²) in [6, 6.07) is 0. The van der Waals surface area contributed by atoms with Gasteiger partial charge in [-0.05, 0) is 20.9 Å². The summed E-state index contributed by atoms with van der Waals surface area (Å²) in [5.41, 5.74) is -0.599. The summed E-state index contributed by atoms with van der Waals surface area (Å²) in [5, 5.41) is 5.90. The molecule has 1 aliphatic heterocycles. The lowest BCUT2D eigenvalue weighted by Crippen LogP contribution is -2.42. The Morgan fingerprint density at radius 1 is 1.28 bits per heavy atom. The molecule has 0 aromatic rings. The van der Waals surface area contributed by atoms with Gasteiger partial charge in [0, 0.05) is 37.4 Å². The van der Waals surface area contributed by atoms with Crippen LogP contribution in [-0.4, -0.2) is 61.5 Å². The van der Waals surface area contributed by atoms with E-state index in [2.05, 4.69) is 24.5 Å². The van der Waals surface area contributed by atoms with E-state index in [1.54, 1.807) is 6.92 Å². The molecule has 0 aliphatic carbocycles. The van der Waals surface area contributed by atoms with Crippen LogP contribution >= 0.6 is 0 Å². The number of hydrogen-bond donors (Lipinski definition) is 2. The summed E-state index contributed by atoms with van der Waals surface area (Å²) in [5.74, 6) is -0.725. The quantitative estimate of drug-likeness (QED) is 0.569. The summed E-state index contributed by atoms with van der Waals surface area (Å²) in [6.07, 6.45) is 0.483. The number of carbonyl (C=O) groups is 3. The van der Waals surface area contributed by atoms with E-state index in [9.17, 15) is 14.4 Å². The minimum absolute atomic E-state index is 0.0182. The maximum atomic E-state index is 12.1. The predicted molar refractivity (Wildman–Crippen MR) is 95.9 cm³/mol. The molecule has 1 aliphatic rings. The zero-order valence-electron chi connectivity index (χ0n) is 16.4. The van der Waals surface area contributed by atoms with Crippen LogP contribution in [0.25, 0.3) is 0 Å². The molecule has 1 saturated heterocycles. The number of carbonyl (C=O) groups excluding carboxylic acids is 3. The van der Waals surface area contributed by atoms with Crippen molar-refractivity contribution in [2.45, 2.75) is 53.1 Å². The van der Waals surface area contributed by atoms with E-state index in [-0.39, 0.29) is 55.0 Å². The number of rotatable bonds is 10. The van der Waals surface area contributed by atoms with Gasteiger partial charge in [-0.3, -0.25) is 19.3 Å². The number of hydrogen-bond acceptors (Lipinski definition) is 5. The van der Waals surface area contributed by atoms with E-state index < -0.39 is 5.60 Å². The van der Waals surface area contributed by atoms with Crippen LogP contribution in [0.15, 0.2) is 0 Å². The van der Waals surface area contributed by atoms with E-state index >= 15 is 0 Å². The predicted octanol–water partition coefficient (Wildman–Crippen LogP) is 0.929. The molecular weight excluding hydrogens is 322 g/mol. The first-order valence-electron chi connectivity index (χ1n) is 8.87. The molecule has 0 aromatic carbocycles. The Hall–Kier alpha value is -1.47. The van der Waals surface area contributed by atoms with E-state index in [1.807, 2.05) is 20.9 Å². The Bertz CT molecular complexity index is 503. The molecule has 0 spiro atoms. The lowest BCUT2D eigenvalue weighted by Gasteiger charge is -2.31. The molecule has 3 amide bonds. The number of nitrogens with one attached hydrogen (secondary N) is 2. The maximum absolute atomic E-state index is 12.1. The average molecular weight is 355 g/mol. The fraction of sp³-hybridized carbons (Fsp3) is 0.833. The number of likely N-dealkylation sites (tertiary alicyclic amines) is 1. The molecule has 7 nitrogen and oxygen atoms in total. The van der Waals surface area contributed by atoms with Crippen molar-refractivity contribution in [3.05, 3.63) is 0 Å². The minimum Gasteiger partial charge on any atom is -0.374 e. The van der Waals surface area contributed by atoms with Gasteiger partial charge >= 0.3 is 0 Å². The highest BCUT2D eigenvalue weighted by Crippen LogP contribution is 2.21. The minimum atomic E-state index is -0.580. The molecule has 1 fully saturated rings. The topological polar surface area (TPSA) is 87.7 Å². The molecule has 1 heterocycles. The standard InChI is InChI=1S/C18H33N3O4/c1-13-9-15(23)21(16(13)24)8-7-20-14(22)10-18(4,5)25-12-17(2,3)11-19-6/h13,19H,7-12H2,1-6H3,(H,20,22). The van der Waals surface area contributed by atoms with Gasteiger partial charge in [-0.1, -0.05) is 20.8 Å². The van der Waals surface area contributed by atoms with Crippen LogP contribution in [0.2, 0.25) is 0 Å². The molecule has 1 unspecified atom stereocenters. The van der Waals surface area contributed by atoms with E-state index in [0.717, 1.165) is 6.54 Å². The molecule has 0 saturated carbocycles. The van der Waals surface area contributed by atoms with Crippen LogP contribution < -0.4 is 10.6 Å². The van der Waals surface area contributed by atoms with Crippen molar-refractivity contribution in [3.8, 4) is 0 Å². The van der Waals surface area contributed by atoms with E-state index in [1.165, 1.54) is 4.90 Å². The van der Waals surface area contributed by atoms with Gasteiger partial charge in [0.15, 0.2) is 0 Å². The third-order valence-electron chi connectivity index (χ3n) is 4.22. The van der Waals surface area contributed by atoms with Gasteiger partial charge < -0.3 is 15.4 Å². The second kappa shape index (κ2) is 8.76. The largest absolute Gasteiger partial charge is 0.374 e. The highest BCUT2D eigenvalue weighted by Gasteiger charge is 2.35. The van der Waals surface area contributed by atoms with Crippen molar-refractivity contribution in [2.75, 3.05) is 33.3 Å². The van der Waals surface area contributed by atoms with E-state index in [4.69, 9.17) is 4.74 Å². The second-order valence-corrected chi connectivity index (χ2v) is 8.26. The molecule has 1 atom stereocenters. The van der Waals surface area contributed by atoms with Crippen molar-refractivity contribution in [3.63, 3.8) is 0 Å². The van der Waals surface area contributed by atoms with Crippen molar-refractivity contribution in [1.29, 1.82) is 0 Å². The van der Waals surface area contributed by atoms with Crippen molar-refractivity contribution >= 4 is 17.7 Å². The van der Waals surface area contributed by atoms with Crippen LogP contribution in [0.4, 0.5) is 0 Å². The maximum Gasteiger partial charge on any atom is 0.232 e. The fourth-order valence-corrected chi connectivity index (χ4v) is 2.81. The number of amides is 3. The molecule has 144 valence electrons. The third-order valence-corrected chi connectivity index (χ3v) is 4.22. The molecule has 25 heavy (non-hydrogen) atoms. The Labute approximate surface area is 150 Å². The molecule has 0 aromatic heterocycles. The highest BCUT2D eigenvalue weighted by atomic mass is 16.5. The first-order valence-corrected chi connectivity index (χ1v) is 8.87. The lowest BCUT2D eigenvalue weighted by molar-refractivity contribution is -0.140. The fourth-order valence-electron chi connectivity index (χ4n) is 2.81. The summed E-state index contributed by atoms with van der Waals surface area (Å²) in [4.78, 5) is 36.9. The van der Waals surface area contributed by atoms with Crippen molar-refractivity contribution in [2.24, 2.45) is 11.3 Å². The van der Waals surface area contributed by atoms with Gasteiger partial charge in [0.2, 0.25) is 17.7 Å².